The van der Waals surface area contributed by atoms with Crippen molar-refractivity contribution >= 4 is 17.3 Å². The van der Waals surface area contributed by atoms with Crippen molar-refractivity contribution in [3.05, 3.63) is 18.3 Å². The lowest BCUT2D eigenvalue weighted by Gasteiger charge is -2.22. The zero-order valence-electron chi connectivity index (χ0n) is 8.57. The zero-order valence-corrected chi connectivity index (χ0v) is 8.57. The van der Waals surface area contributed by atoms with Crippen molar-refractivity contribution in [2.24, 2.45) is 0 Å². The predicted octanol–water partition coefficient (Wildman–Crippen LogP) is 1.59. The van der Waals surface area contributed by atoms with Gasteiger partial charge >= 0.3 is 0 Å². The molecule has 0 aromatic carbocycles. The smallest absolute Gasteiger partial charge is 0.133 e. The molecule has 0 atom stereocenters. The first-order valence-corrected chi connectivity index (χ1v) is 5.24. The molecule has 0 aliphatic heterocycles. The second-order valence-corrected chi connectivity index (χ2v) is 3.93. The molecule has 4 heteroatoms. The summed E-state index contributed by atoms with van der Waals surface area (Å²) >= 11 is 0. The van der Waals surface area contributed by atoms with Gasteiger partial charge in [0, 0.05) is 18.9 Å². The number of nitrogens with one attached hydrogen (secondary N) is 1. The fourth-order valence-electron chi connectivity index (χ4n) is 1.78. The molecule has 1 aromatic rings. The summed E-state index contributed by atoms with van der Waals surface area (Å²) in [7, 11) is 0. The molecule has 0 radical (unpaired) electrons. The highest BCUT2D eigenvalue weighted by Gasteiger charge is 2.18. The Morgan fingerprint density at radius 1 is 1.33 bits per heavy atom. The van der Waals surface area contributed by atoms with E-state index in [-0.39, 0.29) is 0 Å². The van der Waals surface area contributed by atoms with Gasteiger partial charge in [-0.05, 0) is 25.0 Å². The molecule has 1 heterocycles. The lowest BCUT2D eigenvalue weighted by atomic mass is 9.94. The van der Waals surface area contributed by atoms with Crippen LogP contribution in [0.4, 0.5) is 11.5 Å². The van der Waals surface area contributed by atoms with Crippen molar-refractivity contribution in [3.63, 3.8) is 0 Å². The standard InChI is InChI=1S/C11H15N3O/c12-8-1-6-11(13-7-8)14-9-2-4-10(15)5-3-9/h1,6-7,9H,2-5,12H2,(H,13,14). The highest BCUT2D eigenvalue weighted by Crippen LogP contribution is 2.18. The summed E-state index contributed by atoms with van der Waals surface area (Å²) in [5.74, 6) is 1.21. The number of hydrogen-bond acceptors (Lipinski definition) is 4. The van der Waals surface area contributed by atoms with Gasteiger partial charge < -0.3 is 11.1 Å². The van der Waals surface area contributed by atoms with E-state index in [0.29, 0.717) is 30.4 Å². The van der Waals surface area contributed by atoms with Crippen LogP contribution in [0.1, 0.15) is 25.7 Å². The molecule has 0 saturated heterocycles. The van der Waals surface area contributed by atoms with Crippen LogP contribution in [0.2, 0.25) is 0 Å². The van der Waals surface area contributed by atoms with Crippen molar-refractivity contribution in [2.45, 2.75) is 31.7 Å². The first-order valence-electron chi connectivity index (χ1n) is 5.24. The third kappa shape index (κ3) is 2.68. The molecule has 2 rings (SSSR count). The van der Waals surface area contributed by atoms with Crippen LogP contribution in [-0.4, -0.2) is 16.8 Å². The zero-order chi connectivity index (χ0) is 10.7. The number of anilines is 2. The van der Waals surface area contributed by atoms with Crippen molar-refractivity contribution in [1.29, 1.82) is 0 Å². The summed E-state index contributed by atoms with van der Waals surface area (Å²) in [5, 5.41) is 3.31. The van der Waals surface area contributed by atoms with Gasteiger partial charge in [-0.2, -0.15) is 0 Å². The van der Waals surface area contributed by atoms with Gasteiger partial charge in [0.1, 0.15) is 11.6 Å². The van der Waals surface area contributed by atoms with E-state index >= 15 is 0 Å². The van der Waals surface area contributed by atoms with Gasteiger partial charge in [-0.3, -0.25) is 4.79 Å². The fraction of sp³-hybridized carbons (Fsp3) is 0.455. The predicted molar refractivity (Wildman–Crippen MR) is 59.5 cm³/mol. The van der Waals surface area contributed by atoms with E-state index in [1.54, 1.807) is 6.20 Å². The number of carbonyl (C=O) groups excluding carboxylic acids is 1. The number of nitrogen functional groups attached to an aromatic ring is 1. The monoisotopic (exact) mass is 205 g/mol. The first kappa shape index (κ1) is 9.96. The normalized spacial score (nSPS) is 17.7. The van der Waals surface area contributed by atoms with Crippen molar-refractivity contribution < 1.29 is 4.79 Å². The number of aromatic nitrogens is 1. The van der Waals surface area contributed by atoms with Gasteiger partial charge in [-0.1, -0.05) is 0 Å². The molecule has 0 spiro atoms. The number of nitrogens with zero attached hydrogens (tertiary/aromatic N) is 1. The molecular weight excluding hydrogens is 190 g/mol. The van der Waals surface area contributed by atoms with Gasteiger partial charge in [0.25, 0.3) is 0 Å². The Morgan fingerprint density at radius 2 is 2.07 bits per heavy atom. The van der Waals surface area contributed by atoms with Gasteiger partial charge in [0.15, 0.2) is 0 Å². The summed E-state index contributed by atoms with van der Waals surface area (Å²) in [6.45, 7) is 0. The maximum atomic E-state index is 11.0. The number of pyridine rings is 1. The van der Waals surface area contributed by atoms with Crippen molar-refractivity contribution in [3.8, 4) is 0 Å². The van der Waals surface area contributed by atoms with Gasteiger partial charge in [0.2, 0.25) is 0 Å². The van der Waals surface area contributed by atoms with Crippen molar-refractivity contribution in [2.75, 3.05) is 11.1 Å². The number of carbonyl (C=O) groups is 1. The Balaban J connectivity index is 1.91. The number of hydrogen-bond donors (Lipinski definition) is 2. The molecule has 0 amide bonds. The van der Waals surface area contributed by atoms with Crippen LogP contribution < -0.4 is 11.1 Å². The Kier molecular flexibility index (Phi) is 2.85. The van der Waals surface area contributed by atoms with Crippen LogP contribution in [-0.2, 0) is 4.79 Å². The fourth-order valence-corrected chi connectivity index (χ4v) is 1.78. The van der Waals surface area contributed by atoms with Crippen LogP contribution in [0, 0.1) is 0 Å². The highest BCUT2D eigenvalue weighted by molar-refractivity contribution is 5.79. The van der Waals surface area contributed by atoms with Gasteiger partial charge in [0.05, 0.1) is 11.9 Å². The molecule has 0 unspecified atom stereocenters. The number of Topliss-reactive ketones (excluding diaryl/α,β-unsaturated/α-hetero) is 1. The summed E-state index contributed by atoms with van der Waals surface area (Å²) in [6.07, 6.45) is 4.82. The minimum atomic E-state index is 0.373. The van der Waals surface area contributed by atoms with Crippen LogP contribution in [0.25, 0.3) is 0 Å². The molecule has 1 aliphatic rings. The highest BCUT2D eigenvalue weighted by atomic mass is 16.1. The quantitative estimate of drug-likeness (QED) is 0.769. The van der Waals surface area contributed by atoms with E-state index in [1.807, 2.05) is 12.1 Å². The third-order valence-corrected chi connectivity index (χ3v) is 2.68. The first-order chi connectivity index (χ1) is 7.24. The molecule has 4 nitrogen and oxygen atoms in total. The maximum absolute atomic E-state index is 11.0. The maximum Gasteiger partial charge on any atom is 0.133 e. The number of ketones is 1. The Bertz CT molecular complexity index is 337. The van der Waals surface area contributed by atoms with Gasteiger partial charge in [-0.15, -0.1) is 0 Å². The van der Waals surface area contributed by atoms with Crippen LogP contribution >= 0.6 is 0 Å². The van der Waals surface area contributed by atoms with E-state index in [1.165, 1.54) is 0 Å². The number of rotatable bonds is 2. The lowest BCUT2D eigenvalue weighted by Crippen LogP contribution is -2.26. The van der Waals surface area contributed by atoms with Crippen LogP contribution in [0.15, 0.2) is 18.3 Å². The second-order valence-electron chi connectivity index (χ2n) is 3.93. The van der Waals surface area contributed by atoms with E-state index in [2.05, 4.69) is 10.3 Å². The largest absolute Gasteiger partial charge is 0.397 e. The lowest BCUT2D eigenvalue weighted by molar-refractivity contribution is -0.120. The second kappa shape index (κ2) is 4.29. The van der Waals surface area contributed by atoms with Gasteiger partial charge in [-0.25, -0.2) is 4.98 Å². The molecule has 1 fully saturated rings. The molecule has 1 aromatic heterocycles. The molecule has 15 heavy (non-hydrogen) atoms. The molecule has 1 aliphatic carbocycles. The van der Waals surface area contributed by atoms with Crippen LogP contribution in [0.3, 0.4) is 0 Å². The molecule has 0 bridgehead atoms. The minimum absolute atomic E-state index is 0.373. The molecule has 1 saturated carbocycles. The van der Waals surface area contributed by atoms with Crippen LogP contribution in [0.5, 0.6) is 0 Å². The van der Waals surface area contributed by atoms with E-state index in [4.69, 9.17) is 5.73 Å². The average Bonchev–Trinajstić information content (AvgIpc) is 2.25. The van der Waals surface area contributed by atoms with E-state index in [0.717, 1.165) is 18.7 Å². The molecular formula is C11H15N3O. The summed E-state index contributed by atoms with van der Waals surface area (Å²) in [5.41, 5.74) is 6.21. The summed E-state index contributed by atoms with van der Waals surface area (Å²) in [6, 6.07) is 4.06. The number of nitrogens with two attached hydrogens (primary N) is 1. The minimum Gasteiger partial charge on any atom is -0.397 e. The summed E-state index contributed by atoms with van der Waals surface area (Å²) in [4.78, 5) is 15.2. The van der Waals surface area contributed by atoms with E-state index in [9.17, 15) is 4.79 Å². The Morgan fingerprint density at radius 3 is 2.67 bits per heavy atom. The topological polar surface area (TPSA) is 68.0 Å². The molecule has 80 valence electrons. The summed E-state index contributed by atoms with van der Waals surface area (Å²) < 4.78 is 0. The van der Waals surface area contributed by atoms with Crippen molar-refractivity contribution in [1.82, 2.24) is 4.98 Å². The SMILES string of the molecule is Nc1ccc(NC2CCC(=O)CC2)nc1. The Labute approximate surface area is 88.9 Å². The average molecular weight is 205 g/mol. The molecule has 3 N–H and O–H groups in total. The third-order valence-electron chi connectivity index (χ3n) is 2.68. The van der Waals surface area contributed by atoms with E-state index < -0.39 is 0 Å². The Hall–Kier alpha value is -1.58.